The molecule has 2 fully saturated rings. The zero-order valence-corrected chi connectivity index (χ0v) is 10.9. The maximum absolute atomic E-state index is 12.1. The zero-order chi connectivity index (χ0) is 13.1. The second-order valence-electron chi connectivity index (χ2n) is 5.53. The Balaban J connectivity index is 1.82. The molecule has 0 bridgehead atoms. The highest BCUT2D eigenvalue weighted by atomic mass is 16.4. The topological polar surface area (TPSA) is 69.6 Å². The number of nitrogens with one attached hydrogen (secondary N) is 1. The molecule has 1 saturated heterocycles. The first-order chi connectivity index (χ1) is 8.58. The Kier molecular flexibility index (Phi) is 4.09. The van der Waals surface area contributed by atoms with Gasteiger partial charge < -0.3 is 15.3 Å². The van der Waals surface area contributed by atoms with Gasteiger partial charge in [-0.25, -0.2) is 4.79 Å². The second kappa shape index (κ2) is 5.59. The van der Waals surface area contributed by atoms with Crippen molar-refractivity contribution in [3.8, 4) is 0 Å². The number of nitrogens with zero attached hydrogens (tertiary/aromatic N) is 1. The van der Waals surface area contributed by atoms with Crippen LogP contribution in [0.1, 0.15) is 45.4 Å². The number of amides is 2. The molecule has 0 spiro atoms. The van der Waals surface area contributed by atoms with Crippen LogP contribution in [-0.2, 0) is 4.79 Å². The Morgan fingerprint density at radius 1 is 1.22 bits per heavy atom. The minimum absolute atomic E-state index is 0.0155. The summed E-state index contributed by atoms with van der Waals surface area (Å²) in [7, 11) is 0. The molecule has 18 heavy (non-hydrogen) atoms. The Bertz CT molecular complexity index is 332. The third-order valence-electron chi connectivity index (χ3n) is 4.17. The number of rotatable bonds is 2. The van der Waals surface area contributed by atoms with Crippen LogP contribution in [0.3, 0.4) is 0 Å². The van der Waals surface area contributed by atoms with Gasteiger partial charge in [0.1, 0.15) is 0 Å². The van der Waals surface area contributed by atoms with E-state index >= 15 is 0 Å². The molecule has 1 heterocycles. The van der Waals surface area contributed by atoms with Crippen molar-refractivity contribution in [2.75, 3.05) is 6.54 Å². The van der Waals surface area contributed by atoms with Crippen molar-refractivity contribution in [1.82, 2.24) is 10.2 Å². The summed E-state index contributed by atoms with van der Waals surface area (Å²) in [5.74, 6) is -1.02. The first-order valence-corrected chi connectivity index (χ1v) is 6.88. The molecule has 3 unspecified atom stereocenters. The van der Waals surface area contributed by atoms with Crippen LogP contribution in [0.4, 0.5) is 4.79 Å². The predicted octanol–water partition coefficient (Wildman–Crippen LogP) is 1.82. The summed E-state index contributed by atoms with van der Waals surface area (Å²) < 4.78 is 0. The minimum atomic E-state index is -0.738. The van der Waals surface area contributed by atoms with Gasteiger partial charge in [-0.1, -0.05) is 0 Å². The van der Waals surface area contributed by atoms with Crippen molar-refractivity contribution in [2.24, 2.45) is 5.92 Å². The normalized spacial score (nSPS) is 32.3. The van der Waals surface area contributed by atoms with E-state index in [0.29, 0.717) is 18.9 Å². The molecule has 1 saturated carbocycles. The van der Waals surface area contributed by atoms with Crippen LogP contribution in [0.15, 0.2) is 0 Å². The lowest BCUT2D eigenvalue weighted by Gasteiger charge is -2.34. The van der Waals surface area contributed by atoms with E-state index in [0.717, 1.165) is 25.8 Å². The number of carboxylic acids is 1. The summed E-state index contributed by atoms with van der Waals surface area (Å²) in [6.07, 6.45) is 5.36. The smallest absolute Gasteiger partial charge is 0.317 e. The maximum atomic E-state index is 12.1. The zero-order valence-electron chi connectivity index (χ0n) is 10.9. The van der Waals surface area contributed by atoms with Gasteiger partial charge in [-0.3, -0.25) is 4.79 Å². The van der Waals surface area contributed by atoms with Crippen LogP contribution in [0.5, 0.6) is 0 Å². The van der Waals surface area contributed by atoms with E-state index < -0.39 is 5.97 Å². The number of likely N-dealkylation sites (tertiary alicyclic amines) is 1. The van der Waals surface area contributed by atoms with E-state index in [4.69, 9.17) is 5.11 Å². The molecule has 2 amide bonds. The Morgan fingerprint density at radius 2 is 2.00 bits per heavy atom. The van der Waals surface area contributed by atoms with E-state index in [1.54, 1.807) is 0 Å². The van der Waals surface area contributed by atoms with E-state index in [9.17, 15) is 9.59 Å². The number of hydrogen-bond acceptors (Lipinski definition) is 2. The number of piperidine rings is 1. The largest absolute Gasteiger partial charge is 0.481 e. The summed E-state index contributed by atoms with van der Waals surface area (Å²) in [6, 6.07) is 0.321. The van der Waals surface area contributed by atoms with E-state index in [-0.39, 0.29) is 18.0 Å². The molecule has 0 aromatic rings. The molecule has 102 valence electrons. The van der Waals surface area contributed by atoms with Crippen LogP contribution < -0.4 is 5.32 Å². The average Bonchev–Trinajstić information content (AvgIpc) is 2.78. The summed E-state index contributed by atoms with van der Waals surface area (Å²) in [4.78, 5) is 24.9. The van der Waals surface area contributed by atoms with Gasteiger partial charge in [0.05, 0.1) is 5.92 Å². The fourth-order valence-electron chi connectivity index (χ4n) is 2.99. The fourth-order valence-corrected chi connectivity index (χ4v) is 2.99. The molecule has 2 rings (SSSR count). The lowest BCUT2D eigenvalue weighted by Crippen LogP contribution is -2.49. The lowest BCUT2D eigenvalue weighted by molar-refractivity contribution is -0.141. The van der Waals surface area contributed by atoms with Gasteiger partial charge in [0.25, 0.3) is 0 Å². The number of urea groups is 1. The van der Waals surface area contributed by atoms with Crippen LogP contribution in [0, 0.1) is 5.92 Å². The van der Waals surface area contributed by atoms with Gasteiger partial charge in [0.15, 0.2) is 0 Å². The summed E-state index contributed by atoms with van der Waals surface area (Å²) >= 11 is 0. The first kappa shape index (κ1) is 13.2. The number of aliphatic carboxylic acids is 1. The highest BCUT2D eigenvalue weighted by Crippen LogP contribution is 2.26. The summed E-state index contributed by atoms with van der Waals surface area (Å²) in [6.45, 7) is 2.90. The van der Waals surface area contributed by atoms with E-state index in [1.165, 1.54) is 6.42 Å². The monoisotopic (exact) mass is 254 g/mol. The minimum Gasteiger partial charge on any atom is -0.481 e. The maximum Gasteiger partial charge on any atom is 0.317 e. The van der Waals surface area contributed by atoms with Crippen molar-refractivity contribution in [2.45, 2.75) is 57.5 Å². The number of carbonyl (C=O) groups is 2. The first-order valence-electron chi connectivity index (χ1n) is 6.88. The van der Waals surface area contributed by atoms with E-state index in [2.05, 4.69) is 12.2 Å². The van der Waals surface area contributed by atoms with Crippen LogP contribution in [-0.4, -0.2) is 40.6 Å². The van der Waals surface area contributed by atoms with Gasteiger partial charge in [-0.05, 0) is 45.4 Å². The highest BCUT2D eigenvalue weighted by molar-refractivity contribution is 5.75. The van der Waals surface area contributed by atoms with Crippen molar-refractivity contribution in [3.05, 3.63) is 0 Å². The molecule has 5 nitrogen and oxygen atoms in total. The molecule has 0 radical (unpaired) electrons. The molecule has 2 aliphatic rings. The van der Waals surface area contributed by atoms with Crippen molar-refractivity contribution >= 4 is 12.0 Å². The van der Waals surface area contributed by atoms with E-state index in [1.807, 2.05) is 4.90 Å². The van der Waals surface area contributed by atoms with Gasteiger partial charge in [0, 0.05) is 18.6 Å². The quantitative estimate of drug-likeness (QED) is 0.789. The Morgan fingerprint density at radius 3 is 2.61 bits per heavy atom. The van der Waals surface area contributed by atoms with Crippen molar-refractivity contribution in [3.63, 3.8) is 0 Å². The molecule has 5 heteroatoms. The van der Waals surface area contributed by atoms with Crippen LogP contribution >= 0.6 is 0 Å². The third-order valence-corrected chi connectivity index (χ3v) is 4.17. The Labute approximate surface area is 108 Å². The molecule has 1 aliphatic heterocycles. The lowest BCUT2D eigenvalue weighted by atomic mass is 10.0. The fraction of sp³-hybridized carbons (Fsp3) is 0.846. The number of carboxylic acid groups (broad SMARTS) is 1. The SMILES string of the molecule is CC1CCCCN1C(=O)NC1CCC(C(=O)O)C1. The average molecular weight is 254 g/mol. The predicted molar refractivity (Wildman–Crippen MR) is 67.3 cm³/mol. The van der Waals surface area contributed by atoms with Crippen molar-refractivity contribution in [1.29, 1.82) is 0 Å². The molecule has 0 aromatic carbocycles. The molecule has 0 aromatic heterocycles. The van der Waals surface area contributed by atoms with Gasteiger partial charge in [0.2, 0.25) is 0 Å². The Hall–Kier alpha value is -1.26. The number of hydrogen-bond donors (Lipinski definition) is 2. The molecular weight excluding hydrogens is 232 g/mol. The van der Waals surface area contributed by atoms with Gasteiger partial charge in [-0.2, -0.15) is 0 Å². The van der Waals surface area contributed by atoms with Crippen molar-refractivity contribution < 1.29 is 14.7 Å². The van der Waals surface area contributed by atoms with Crippen LogP contribution in [0.2, 0.25) is 0 Å². The van der Waals surface area contributed by atoms with Crippen LogP contribution in [0.25, 0.3) is 0 Å². The molecule has 1 aliphatic carbocycles. The summed E-state index contributed by atoms with van der Waals surface area (Å²) in [5.41, 5.74) is 0. The second-order valence-corrected chi connectivity index (χ2v) is 5.53. The standard InChI is InChI=1S/C13H22N2O3/c1-9-4-2-3-7-15(9)13(18)14-11-6-5-10(8-11)12(16)17/h9-11H,2-8H2,1H3,(H,14,18)(H,16,17). The summed E-state index contributed by atoms with van der Waals surface area (Å²) in [5, 5.41) is 11.9. The molecule has 2 N–H and O–H groups in total. The number of carbonyl (C=O) groups excluding carboxylic acids is 1. The molecule has 3 atom stereocenters. The van der Waals surface area contributed by atoms with Gasteiger partial charge in [-0.15, -0.1) is 0 Å². The third kappa shape index (κ3) is 2.94. The van der Waals surface area contributed by atoms with Gasteiger partial charge >= 0.3 is 12.0 Å². The molecular formula is C13H22N2O3. The highest BCUT2D eigenvalue weighted by Gasteiger charge is 2.32.